The predicted molar refractivity (Wildman–Crippen MR) is 89.8 cm³/mol. The molecule has 1 saturated heterocycles. The van der Waals surface area contributed by atoms with Gasteiger partial charge in [-0.3, -0.25) is 9.80 Å². The maximum atomic E-state index is 4.17. The minimum Gasteiger partial charge on any atom is -0.297 e. The van der Waals surface area contributed by atoms with E-state index in [-0.39, 0.29) is 0 Å². The topological polar surface area (TPSA) is 50.1 Å². The van der Waals surface area contributed by atoms with Crippen LogP contribution in [0.1, 0.15) is 30.3 Å². The number of hydrogen-bond donors (Lipinski definition) is 0. The average molecular weight is 314 g/mol. The van der Waals surface area contributed by atoms with E-state index < -0.39 is 0 Å². The molecule has 1 aliphatic heterocycles. The summed E-state index contributed by atoms with van der Waals surface area (Å²) >= 11 is 0. The largest absolute Gasteiger partial charge is 0.297 e. The Bertz CT molecular complexity index is 615. The third kappa shape index (κ3) is 4.14. The van der Waals surface area contributed by atoms with Gasteiger partial charge in [-0.15, -0.1) is 5.10 Å². The summed E-state index contributed by atoms with van der Waals surface area (Å²) in [6.07, 6.45) is 1.06. The summed E-state index contributed by atoms with van der Waals surface area (Å²) in [7, 11) is 0. The van der Waals surface area contributed by atoms with Gasteiger partial charge < -0.3 is 0 Å². The highest BCUT2D eigenvalue weighted by Crippen LogP contribution is 2.13. The highest BCUT2D eigenvalue weighted by atomic mass is 15.5. The standard InChI is InChI=1S/C17H26N6/c1-3-8-23-17(18-19-20-23)14-22-11-9-21(10-12-22)13-16-7-5-4-6-15(16)2/h4-7H,3,8-14H2,1-2H3. The van der Waals surface area contributed by atoms with Crippen molar-refractivity contribution in [2.24, 2.45) is 0 Å². The Balaban J connectivity index is 1.50. The first-order chi connectivity index (χ1) is 11.3. The molecule has 2 heterocycles. The monoisotopic (exact) mass is 314 g/mol. The van der Waals surface area contributed by atoms with Crippen LogP contribution in [0.15, 0.2) is 24.3 Å². The van der Waals surface area contributed by atoms with Crippen LogP contribution in [0.2, 0.25) is 0 Å². The summed E-state index contributed by atoms with van der Waals surface area (Å²) in [6, 6.07) is 8.67. The first-order valence-corrected chi connectivity index (χ1v) is 8.50. The van der Waals surface area contributed by atoms with Crippen LogP contribution >= 0.6 is 0 Å². The van der Waals surface area contributed by atoms with Gasteiger partial charge in [0.2, 0.25) is 0 Å². The number of hydrogen-bond acceptors (Lipinski definition) is 5. The van der Waals surface area contributed by atoms with Gasteiger partial charge in [0.25, 0.3) is 0 Å². The van der Waals surface area contributed by atoms with Gasteiger partial charge in [-0.05, 0) is 34.9 Å². The molecule has 0 N–H and O–H groups in total. The maximum absolute atomic E-state index is 4.17. The maximum Gasteiger partial charge on any atom is 0.165 e. The van der Waals surface area contributed by atoms with Crippen molar-refractivity contribution in [1.29, 1.82) is 0 Å². The minimum absolute atomic E-state index is 0.852. The summed E-state index contributed by atoms with van der Waals surface area (Å²) in [5.41, 5.74) is 2.82. The molecule has 1 aliphatic rings. The smallest absolute Gasteiger partial charge is 0.165 e. The van der Waals surface area contributed by atoms with E-state index >= 15 is 0 Å². The lowest BCUT2D eigenvalue weighted by Gasteiger charge is -2.34. The number of benzene rings is 1. The molecule has 0 atom stereocenters. The number of aromatic nitrogens is 4. The molecule has 124 valence electrons. The van der Waals surface area contributed by atoms with Crippen molar-refractivity contribution in [3.63, 3.8) is 0 Å². The van der Waals surface area contributed by atoms with E-state index in [0.717, 1.165) is 58.1 Å². The van der Waals surface area contributed by atoms with Crippen molar-refractivity contribution >= 4 is 0 Å². The molecule has 1 aromatic carbocycles. The Kier molecular flexibility index (Phi) is 5.35. The average Bonchev–Trinajstić information content (AvgIpc) is 2.99. The van der Waals surface area contributed by atoms with Crippen molar-refractivity contribution in [2.45, 2.75) is 39.9 Å². The van der Waals surface area contributed by atoms with Gasteiger partial charge in [0, 0.05) is 39.3 Å². The van der Waals surface area contributed by atoms with Crippen molar-refractivity contribution in [2.75, 3.05) is 26.2 Å². The fourth-order valence-electron chi connectivity index (χ4n) is 3.06. The van der Waals surface area contributed by atoms with Gasteiger partial charge in [0.15, 0.2) is 5.82 Å². The third-order valence-corrected chi connectivity index (χ3v) is 4.53. The van der Waals surface area contributed by atoms with E-state index in [1.165, 1.54) is 11.1 Å². The van der Waals surface area contributed by atoms with Crippen molar-refractivity contribution in [3.05, 3.63) is 41.2 Å². The number of piperazine rings is 1. The van der Waals surface area contributed by atoms with E-state index in [1.54, 1.807) is 0 Å². The minimum atomic E-state index is 0.852. The van der Waals surface area contributed by atoms with Crippen LogP contribution < -0.4 is 0 Å². The summed E-state index contributed by atoms with van der Waals surface area (Å²) in [5.74, 6) is 0.985. The van der Waals surface area contributed by atoms with E-state index in [2.05, 4.69) is 63.4 Å². The Morgan fingerprint density at radius 1 is 1.00 bits per heavy atom. The molecular formula is C17H26N6. The Labute approximate surface area is 138 Å². The molecule has 6 heteroatoms. The van der Waals surface area contributed by atoms with Crippen LogP contribution in [0.3, 0.4) is 0 Å². The normalized spacial score (nSPS) is 16.8. The second kappa shape index (κ2) is 7.66. The number of rotatable bonds is 6. The summed E-state index contributed by atoms with van der Waals surface area (Å²) in [6.45, 7) is 11.5. The molecule has 0 bridgehead atoms. The fraction of sp³-hybridized carbons (Fsp3) is 0.588. The lowest BCUT2D eigenvalue weighted by Crippen LogP contribution is -2.45. The summed E-state index contributed by atoms with van der Waals surface area (Å²) in [5, 5.41) is 12.1. The molecule has 3 rings (SSSR count). The van der Waals surface area contributed by atoms with Crippen LogP contribution in [-0.4, -0.2) is 56.2 Å². The van der Waals surface area contributed by atoms with Crippen LogP contribution in [0, 0.1) is 6.92 Å². The highest BCUT2D eigenvalue weighted by molar-refractivity contribution is 5.25. The molecular weight excluding hydrogens is 288 g/mol. The molecule has 1 fully saturated rings. The van der Waals surface area contributed by atoms with Crippen molar-refractivity contribution < 1.29 is 0 Å². The van der Waals surface area contributed by atoms with Crippen LogP contribution in [0.4, 0.5) is 0 Å². The molecule has 0 spiro atoms. The lowest BCUT2D eigenvalue weighted by atomic mass is 10.1. The van der Waals surface area contributed by atoms with Gasteiger partial charge >= 0.3 is 0 Å². The van der Waals surface area contributed by atoms with E-state index in [1.807, 2.05) is 4.68 Å². The van der Waals surface area contributed by atoms with Crippen molar-refractivity contribution in [1.82, 2.24) is 30.0 Å². The van der Waals surface area contributed by atoms with Crippen molar-refractivity contribution in [3.8, 4) is 0 Å². The molecule has 23 heavy (non-hydrogen) atoms. The zero-order valence-corrected chi connectivity index (χ0v) is 14.1. The lowest BCUT2D eigenvalue weighted by molar-refractivity contribution is 0.118. The van der Waals surface area contributed by atoms with Gasteiger partial charge in [0.05, 0.1) is 6.54 Å². The zero-order valence-electron chi connectivity index (χ0n) is 14.1. The number of nitrogens with zero attached hydrogens (tertiary/aromatic N) is 6. The Morgan fingerprint density at radius 3 is 2.39 bits per heavy atom. The first-order valence-electron chi connectivity index (χ1n) is 8.50. The van der Waals surface area contributed by atoms with Gasteiger partial charge in [-0.25, -0.2) is 4.68 Å². The second-order valence-electron chi connectivity index (χ2n) is 6.30. The van der Waals surface area contributed by atoms with Gasteiger partial charge in [-0.1, -0.05) is 31.2 Å². The number of aryl methyl sites for hydroxylation is 2. The molecule has 0 aliphatic carbocycles. The predicted octanol–water partition coefficient (Wildman–Crippen LogP) is 1.71. The van der Waals surface area contributed by atoms with E-state index in [9.17, 15) is 0 Å². The fourth-order valence-corrected chi connectivity index (χ4v) is 3.06. The summed E-state index contributed by atoms with van der Waals surface area (Å²) < 4.78 is 1.93. The number of tetrazole rings is 1. The highest BCUT2D eigenvalue weighted by Gasteiger charge is 2.19. The van der Waals surface area contributed by atoms with Gasteiger partial charge in [-0.2, -0.15) is 0 Å². The molecule has 1 aromatic heterocycles. The van der Waals surface area contributed by atoms with Gasteiger partial charge in [0.1, 0.15) is 0 Å². The van der Waals surface area contributed by atoms with E-state index in [0.29, 0.717) is 0 Å². The zero-order chi connectivity index (χ0) is 16.1. The molecule has 0 amide bonds. The van der Waals surface area contributed by atoms with Crippen LogP contribution in [0.5, 0.6) is 0 Å². The first kappa shape index (κ1) is 16.1. The summed E-state index contributed by atoms with van der Waals surface area (Å²) in [4.78, 5) is 4.99. The Morgan fingerprint density at radius 2 is 1.70 bits per heavy atom. The van der Waals surface area contributed by atoms with E-state index in [4.69, 9.17) is 0 Å². The molecule has 0 radical (unpaired) electrons. The SMILES string of the molecule is CCCn1nnnc1CN1CCN(Cc2ccccc2C)CC1. The molecule has 6 nitrogen and oxygen atoms in total. The Hall–Kier alpha value is -1.79. The van der Waals surface area contributed by atoms with Crippen LogP contribution in [-0.2, 0) is 19.6 Å². The van der Waals surface area contributed by atoms with Crippen LogP contribution in [0.25, 0.3) is 0 Å². The molecule has 0 saturated carbocycles. The second-order valence-corrected chi connectivity index (χ2v) is 6.30. The third-order valence-electron chi connectivity index (χ3n) is 4.53. The molecule has 2 aromatic rings. The molecule has 0 unspecified atom stereocenters. The quantitative estimate of drug-likeness (QED) is 0.812.